The van der Waals surface area contributed by atoms with Gasteiger partial charge in [-0.15, -0.1) is 0 Å². The summed E-state index contributed by atoms with van der Waals surface area (Å²) in [5.41, 5.74) is 9.25. The first-order chi connectivity index (χ1) is 20.3. The van der Waals surface area contributed by atoms with Gasteiger partial charge in [-0.3, -0.25) is 9.59 Å². The van der Waals surface area contributed by atoms with Crippen LogP contribution >= 0.6 is 31.9 Å². The first-order valence-corrected chi connectivity index (χ1v) is 15.9. The van der Waals surface area contributed by atoms with Gasteiger partial charge in [-0.05, 0) is 80.9 Å². The first kappa shape index (κ1) is 25.1. The van der Waals surface area contributed by atoms with Crippen molar-refractivity contribution in [3.63, 3.8) is 0 Å². The Hall–Kier alpha value is -3.48. The number of esters is 2. The van der Waals surface area contributed by atoms with Crippen LogP contribution in [0.5, 0.6) is 11.5 Å². The molecule has 0 aliphatic heterocycles. The van der Waals surface area contributed by atoms with Gasteiger partial charge in [-0.1, -0.05) is 68.3 Å². The highest BCUT2D eigenvalue weighted by molar-refractivity contribution is 9.10. The lowest BCUT2D eigenvalue weighted by Gasteiger charge is -2.31. The van der Waals surface area contributed by atoms with Crippen molar-refractivity contribution in [1.82, 2.24) is 0 Å². The van der Waals surface area contributed by atoms with Crippen molar-refractivity contribution >= 4 is 65.3 Å². The summed E-state index contributed by atoms with van der Waals surface area (Å²) in [6, 6.07) is 21.9. The quantitative estimate of drug-likeness (QED) is 0.138. The number of hydrogen-bond acceptors (Lipinski definition) is 4. The molecular weight excluding hydrogens is 656 g/mol. The van der Waals surface area contributed by atoms with Gasteiger partial charge >= 0.3 is 11.9 Å². The van der Waals surface area contributed by atoms with E-state index in [2.05, 4.69) is 92.5 Å². The van der Waals surface area contributed by atoms with Crippen LogP contribution in [0.4, 0.5) is 0 Å². The fourth-order valence-corrected chi connectivity index (χ4v) is 9.32. The van der Waals surface area contributed by atoms with Crippen LogP contribution in [0.25, 0.3) is 21.5 Å². The Balaban J connectivity index is 1.33. The number of fused-ring (bicyclic) bond motifs is 18. The third kappa shape index (κ3) is 3.28. The van der Waals surface area contributed by atoms with Crippen molar-refractivity contribution in [2.75, 3.05) is 0 Å². The summed E-state index contributed by atoms with van der Waals surface area (Å²) in [5.74, 6) is 1.05. The molecule has 0 radical (unpaired) electrons. The van der Waals surface area contributed by atoms with Gasteiger partial charge in [0.2, 0.25) is 0 Å². The van der Waals surface area contributed by atoms with Crippen molar-refractivity contribution in [2.24, 2.45) is 0 Å². The second-order valence-electron chi connectivity index (χ2n) is 12.1. The highest BCUT2D eigenvalue weighted by Crippen LogP contribution is 2.69. The second-order valence-corrected chi connectivity index (χ2v) is 14.0. The minimum atomic E-state index is -0.324. The van der Waals surface area contributed by atoms with E-state index in [0.717, 1.165) is 44.0 Å². The van der Waals surface area contributed by atoms with Gasteiger partial charge in [0.25, 0.3) is 0 Å². The van der Waals surface area contributed by atoms with Crippen LogP contribution in [-0.4, -0.2) is 11.9 Å². The average Bonchev–Trinajstić information content (AvgIpc) is 3.70. The number of carbonyl (C=O) groups is 2. The highest BCUT2D eigenvalue weighted by atomic mass is 79.9. The van der Waals surface area contributed by atoms with Crippen molar-refractivity contribution in [1.29, 1.82) is 0 Å². The molecular formula is C36H24Br2O4. The molecule has 4 aliphatic rings. The Labute approximate surface area is 259 Å². The molecule has 0 heterocycles. The Morgan fingerprint density at radius 2 is 0.881 bits per heavy atom. The summed E-state index contributed by atoms with van der Waals surface area (Å²) >= 11 is 7.25. The van der Waals surface area contributed by atoms with E-state index in [9.17, 15) is 9.59 Å². The molecule has 0 fully saturated rings. The summed E-state index contributed by atoms with van der Waals surface area (Å²) in [6.45, 7) is 2.97. The van der Waals surface area contributed by atoms with E-state index in [4.69, 9.17) is 9.47 Å². The molecule has 5 aromatic carbocycles. The monoisotopic (exact) mass is 678 g/mol. The lowest BCUT2D eigenvalue weighted by atomic mass is 9.76. The molecule has 42 heavy (non-hydrogen) atoms. The third-order valence-corrected chi connectivity index (χ3v) is 10.9. The molecule has 206 valence electrons. The first-order valence-electron chi connectivity index (χ1n) is 14.3. The van der Waals surface area contributed by atoms with Crippen molar-refractivity contribution in [3.05, 3.63) is 114 Å². The van der Waals surface area contributed by atoms with E-state index in [1.807, 2.05) is 0 Å². The molecule has 5 aromatic rings. The van der Waals surface area contributed by atoms with Gasteiger partial charge in [0, 0.05) is 68.7 Å². The van der Waals surface area contributed by atoms with Crippen LogP contribution in [0.1, 0.15) is 94.9 Å². The third-order valence-electron chi connectivity index (χ3n) is 9.90. The topological polar surface area (TPSA) is 52.6 Å². The molecule has 0 aromatic heterocycles. The highest BCUT2D eigenvalue weighted by Gasteiger charge is 2.53. The molecule has 4 atom stereocenters. The number of hydrogen-bond donors (Lipinski definition) is 0. The van der Waals surface area contributed by atoms with Crippen LogP contribution < -0.4 is 9.47 Å². The Morgan fingerprint density at radius 1 is 0.548 bits per heavy atom. The number of benzene rings is 5. The van der Waals surface area contributed by atoms with Crippen LogP contribution in [0.3, 0.4) is 0 Å². The largest absolute Gasteiger partial charge is 0.426 e. The lowest BCUT2D eigenvalue weighted by Crippen LogP contribution is -2.18. The Morgan fingerprint density at radius 3 is 1.21 bits per heavy atom. The van der Waals surface area contributed by atoms with E-state index in [0.29, 0.717) is 11.5 Å². The molecule has 0 unspecified atom stereocenters. The van der Waals surface area contributed by atoms with Gasteiger partial charge in [-0.25, -0.2) is 0 Å². The number of carbonyl (C=O) groups excluding carboxylic acids is 2. The average molecular weight is 680 g/mol. The maximum atomic E-state index is 12.7. The summed E-state index contributed by atoms with van der Waals surface area (Å²) in [7, 11) is 0. The Kier molecular flexibility index (Phi) is 5.10. The number of rotatable bonds is 2. The zero-order chi connectivity index (χ0) is 28.6. The van der Waals surface area contributed by atoms with Crippen molar-refractivity contribution in [3.8, 4) is 11.5 Å². The second kappa shape index (κ2) is 8.55. The molecule has 4 nitrogen and oxygen atoms in total. The molecule has 4 bridgehead atoms. The maximum Gasteiger partial charge on any atom is 0.308 e. The van der Waals surface area contributed by atoms with Gasteiger partial charge < -0.3 is 9.47 Å². The molecule has 0 amide bonds. The minimum absolute atomic E-state index is 0.0727. The van der Waals surface area contributed by atoms with Gasteiger partial charge in [-0.2, -0.15) is 0 Å². The molecule has 6 heteroatoms. The van der Waals surface area contributed by atoms with Gasteiger partial charge in [0.1, 0.15) is 11.5 Å². The smallest absolute Gasteiger partial charge is 0.308 e. The van der Waals surface area contributed by atoms with Crippen molar-refractivity contribution in [2.45, 2.75) is 50.4 Å². The summed E-state index contributed by atoms with van der Waals surface area (Å²) in [4.78, 5) is 25.4. The Bertz CT molecular complexity index is 1980. The van der Waals surface area contributed by atoms with Crippen LogP contribution in [0.2, 0.25) is 0 Å². The molecule has 0 spiro atoms. The van der Waals surface area contributed by atoms with E-state index in [1.165, 1.54) is 57.6 Å². The number of halogens is 2. The lowest BCUT2D eigenvalue weighted by molar-refractivity contribution is -0.133. The fourth-order valence-electron chi connectivity index (χ4n) is 8.56. The van der Waals surface area contributed by atoms with E-state index in [1.54, 1.807) is 0 Å². The molecule has 0 N–H and O–H groups in total. The van der Waals surface area contributed by atoms with E-state index >= 15 is 0 Å². The molecule has 0 saturated heterocycles. The minimum Gasteiger partial charge on any atom is -0.426 e. The SMILES string of the molecule is CC(=O)Oc1c2c(c(OC(C)=O)c3c1[C@H]1C[C@@H]3c3cc4cc(Br)ccc4cc31)[C@H]1C[C@@H]2c2cc3ccc(Br)cc3cc21. The summed E-state index contributed by atoms with van der Waals surface area (Å²) < 4.78 is 14.5. The number of ether oxygens (including phenoxy) is 2. The van der Waals surface area contributed by atoms with Gasteiger partial charge in [0.05, 0.1) is 0 Å². The van der Waals surface area contributed by atoms with E-state index < -0.39 is 0 Å². The van der Waals surface area contributed by atoms with Crippen LogP contribution in [-0.2, 0) is 9.59 Å². The van der Waals surface area contributed by atoms with Crippen LogP contribution in [0.15, 0.2) is 69.6 Å². The predicted molar refractivity (Wildman–Crippen MR) is 169 cm³/mol. The zero-order valence-corrected chi connectivity index (χ0v) is 26.1. The normalized spacial score (nSPS) is 21.8. The maximum absolute atomic E-state index is 12.7. The predicted octanol–water partition coefficient (Wildman–Crippen LogP) is 9.33. The fraction of sp³-hybridized carbons (Fsp3) is 0.222. The van der Waals surface area contributed by atoms with E-state index in [-0.39, 0.29) is 35.6 Å². The van der Waals surface area contributed by atoms with Crippen molar-refractivity contribution < 1.29 is 19.1 Å². The standard InChI is InChI=1S/C36H24Br2O4/c1-15(39)41-35-31-27-13-29(25-11-19-7-21(37)5-3-17(19)9-23(25)27)33(31)36(42-16(2)40)34-30-14-28(32(34)35)24-10-18-4-6-22(38)8-20(18)12-26(24)30/h3-12,27-30H,13-14H2,1-2H3/t27-,28+,29+,30-. The molecule has 0 saturated carbocycles. The van der Waals surface area contributed by atoms with Crippen LogP contribution in [0, 0.1) is 0 Å². The zero-order valence-electron chi connectivity index (χ0n) is 22.9. The van der Waals surface area contributed by atoms with Gasteiger partial charge in [0.15, 0.2) is 0 Å². The molecule has 9 rings (SSSR count). The molecule has 4 aliphatic carbocycles. The summed E-state index contributed by atoms with van der Waals surface area (Å²) in [5, 5.41) is 4.73. The summed E-state index contributed by atoms with van der Waals surface area (Å²) in [6.07, 6.45) is 1.77.